The van der Waals surface area contributed by atoms with Crippen LogP contribution in [0.1, 0.15) is 15.9 Å². The van der Waals surface area contributed by atoms with E-state index in [1.54, 1.807) is 6.07 Å². The van der Waals surface area contributed by atoms with Crippen molar-refractivity contribution >= 4 is 21.6 Å². The molecule has 0 fully saturated rings. The summed E-state index contributed by atoms with van der Waals surface area (Å²) in [6, 6.07) is 10.4. The van der Waals surface area contributed by atoms with Gasteiger partial charge in [-0.05, 0) is 42.5 Å². The number of alkyl halides is 3. The lowest BCUT2D eigenvalue weighted by atomic mass is 10.1. The Morgan fingerprint density at radius 3 is 2.43 bits per heavy atom. The van der Waals surface area contributed by atoms with Crippen LogP contribution >= 0.6 is 0 Å². The maximum atomic E-state index is 12.3. The molecular formula is C19H16F3N3O4S. The average Bonchev–Trinajstić information content (AvgIpc) is 2.70. The fourth-order valence-corrected chi connectivity index (χ4v) is 3.22. The van der Waals surface area contributed by atoms with Gasteiger partial charge in [0.1, 0.15) is 11.8 Å². The van der Waals surface area contributed by atoms with Crippen molar-refractivity contribution in [3.05, 3.63) is 66.2 Å². The number of rotatable bonds is 8. The van der Waals surface area contributed by atoms with E-state index >= 15 is 0 Å². The van der Waals surface area contributed by atoms with Crippen LogP contribution in [0.4, 0.5) is 18.9 Å². The van der Waals surface area contributed by atoms with Crippen molar-refractivity contribution in [3.8, 4) is 11.8 Å². The van der Waals surface area contributed by atoms with Crippen LogP contribution in [0.2, 0.25) is 0 Å². The third kappa shape index (κ3) is 6.33. The second-order valence-corrected chi connectivity index (χ2v) is 7.61. The Kier molecular flexibility index (Phi) is 7.20. The molecule has 0 aliphatic heterocycles. The van der Waals surface area contributed by atoms with Gasteiger partial charge in [0.15, 0.2) is 6.61 Å². The minimum atomic E-state index is -4.56. The second kappa shape index (κ2) is 9.43. The second-order valence-electron chi connectivity index (χ2n) is 5.85. The summed E-state index contributed by atoms with van der Waals surface area (Å²) in [5.74, 6) is -0.875. The average molecular weight is 439 g/mol. The molecule has 0 aliphatic carbocycles. The highest BCUT2D eigenvalue weighted by atomic mass is 32.2. The van der Waals surface area contributed by atoms with Crippen LogP contribution in [0, 0.1) is 11.3 Å². The van der Waals surface area contributed by atoms with Gasteiger partial charge < -0.3 is 10.1 Å². The molecule has 1 amide bonds. The van der Waals surface area contributed by atoms with Crippen LogP contribution in [0.25, 0.3) is 0 Å². The molecule has 0 spiro atoms. The molecular weight excluding hydrogens is 423 g/mol. The summed E-state index contributed by atoms with van der Waals surface area (Å²) in [6.45, 7) is 1.91. The van der Waals surface area contributed by atoms with Crippen LogP contribution in [0.5, 0.6) is 5.75 Å². The maximum absolute atomic E-state index is 12.3. The third-order valence-corrected chi connectivity index (χ3v) is 5.03. The Morgan fingerprint density at radius 1 is 1.20 bits per heavy atom. The van der Waals surface area contributed by atoms with Gasteiger partial charge in [-0.3, -0.25) is 4.79 Å². The van der Waals surface area contributed by atoms with E-state index < -0.39 is 28.7 Å². The standard InChI is InChI=1S/C19H16F3N3O4S/c1-2-9-24-30(27,28)16-6-3-13(4-7-16)18(26)25-15-5-8-17(14(10-15)11-23)29-12-19(20,21)22/h2-8,10,24H,1,9,12H2,(H,25,26). The summed E-state index contributed by atoms with van der Waals surface area (Å²) in [6.07, 6.45) is -3.17. The Labute approximate surface area is 170 Å². The van der Waals surface area contributed by atoms with Crippen molar-refractivity contribution in [1.29, 1.82) is 5.26 Å². The van der Waals surface area contributed by atoms with Crippen LogP contribution in [-0.2, 0) is 10.0 Å². The first kappa shape index (κ1) is 22.9. The molecule has 0 bridgehead atoms. The van der Waals surface area contributed by atoms with Gasteiger partial charge in [-0.25, -0.2) is 13.1 Å². The molecule has 30 heavy (non-hydrogen) atoms. The number of nitrogens with one attached hydrogen (secondary N) is 2. The van der Waals surface area contributed by atoms with E-state index in [1.807, 2.05) is 0 Å². The van der Waals surface area contributed by atoms with E-state index in [0.717, 1.165) is 6.07 Å². The number of nitrogens with zero attached hydrogens (tertiary/aromatic N) is 1. The highest BCUT2D eigenvalue weighted by Gasteiger charge is 2.29. The van der Waals surface area contributed by atoms with Gasteiger partial charge in [-0.1, -0.05) is 6.08 Å². The molecule has 0 heterocycles. The van der Waals surface area contributed by atoms with Gasteiger partial charge >= 0.3 is 6.18 Å². The van der Waals surface area contributed by atoms with Crippen LogP contribution in [0.15, 0.2) is 60.0 Å². The molecule has 0 aliphatic rings. The van der Waals surface area contributed by atoms with Gasteiger partial charge in [-0.15, -0.1) is 6.58 Å². The summed E-state index contributed by atoms with van der Waals surface area (Å²) < 4.78 is 67.7. The van der Waals surface area contributed by atoms with E-state index in [2.05, 4.69) is 21.4 Å². The normalized spacial score (nSPS) is 11.4. The Morgan fingerprint density at radius 2 is 1.87 bits per heavy atom. The molecule has 2 aromatic rings. The number of hydrogen-bond donors (Lipinski definition) is 2. The smallest absolute Gasteiger partial charge is 0.422 e. The Bertz CT molecular complexity index is 1080. The lowest BCUT2D eigenvalue weighted by Crippen LogP contribution is -2.23. The summed E-state index contributed by atoms with van der Waals surface area (Å²) in [5, 5.41) is 11.6. The zero-order valence-electron chi connectivity index (χ0n) is 15.4. The van der Waals surface area contributed by atoms with Crippen molar-refractivity contribution in [2.45, 2.75) is 11.1 Å². The largest absolute Gasteiger partial charge is 0.483 e. The van der Waals surface area contributed by atoms with E-state index in [4.69, 9.17) is 5.26 Å². The first-order chi connectivity index (χ1) is 14.1. The number of halogens is 3. The zero-order chi connectivity index (χ0) is 22.4. The van der Waals surface area contributed by atoms with E-state index in [0.29, 0.717) is 0 Å². The Balaban J connectivity index is 2.12. The van der Waals surface area contributed by atoms with Crippen molar-refractivity contribution in [2.75, 3.05) is 18.5 Å². The number of ether oxygens (including phenoxy) is 1. The number of anilines is 1. The number of hydrogen-bond acceptors (Lipinski definition) is 5. The SMILES string of the molecule is C=CCNS(=O)(=O)c1ccc(C(=O)Nc2ccc(OCC(F)(F)F)c(C#N)c2)cc1. The molecule has 0 saturated carbocycles. The van der Waals surface area contributed by atoms with Crippen molar-refractivity contribution in [3.63, 3.8) is 0 Å². The summed E-state index contributed by atoms with van der Waals surface area (Å²) in [4.78, 5) is 12.3. The number of carbonyl (C=O) groups excluding carboxylic acids is 1. The van der Waals surface area contributed by atoms with Crippen LogP contribution in [-0.4, -0.2) is 33.7 Å². The number of amides is 1. The lowest BCUT2D eigenvalue weighted by molar-refractivity contribution is -0.153. The predicted octanol–water partition coefficient (Wildman–Crippen LogP) is 3.22. The van der Waals surface area contributed by atoms with E-state index in [-0.39, 0.29) is 34.0 Å². The monoisotopic (exact) mass is 439 g/mol. The van der Waals surface area contributed by atoms with Crippen molar-refractivity contribution < 1.29 is 31.1 Å². The quantitative estimate of drug-likeness (QED) is 0.614. The molecule has 2 rings (SSSR count). The maximum Gasteiger partial charge on any atom is 0.422 e. The first-order valence-electron chi connectivity index (χ1n) is 8.31. The Hall–Kier alpha value is -3.36. The number of nitriles is 1. The lowest BCUT2D eigenvalue weighted by Gasteiger charge is -2.12. The van der Waals surface area contributed by atoms with E-state index in [9.17, 15) is 26.4 Å². The highest BCUT2D eigenvalue weighted by Crippen LogP contribution is 2.25. The molecule has 2 aromatic carbocycles. The summed E-state index contributed by atoms with van der Waals surface area (Å²) in [7, 11) is -3.74. The van der Waals surface area contributed by atoms with Crippen molar-refractivity contribution in [2.24, 2.45) is 0 Å². The summed E-state index contributed by atoms with van der Waals surface area (Å²) in [5.41, 5.74) is 0.0978. The van der Waals surface area contributed by atoms with Gasteiger partial charge in [0.2, 0.25) is 10.0 Å². The van der Waals surface area contributed by atoms with Gasteiger partial charge in [-0.2, -0.15) is 18.4 Å². The molecule has 0 unspecified atom stereocenters. The minimum Gasteiger partial charge on any atom is -0.483 e. The first-order valence-corrected chi connectivity index (χ1v) is 9.80. The van der Waals surface area contributed by atoms with Gasteiger partial charge in [0.05, 0.1) is 10.5 Å². The third-order valence-electron chi connectivity index (χ3n) is 3.59. The number of carbonyl (C=O) groups is 1. The molecule has 2 N–H and O–H groups in total. The van der Waals surface area contributed by atoms with Gasteiger partial charge in [0, 0.05) is 17.8 Å². The minimum absolute atomic E-state index is 0.0427. The number of benzene rings is 2. The fourth-order valence-electron chi connectivity index (χ4n) is 2.22. The molecule has 11 heteroatoms. The number of sulfonamides is 1. The molecule has 0 aromatic heterocycles. The fraction of sp³-hybridized carbons (Fsp3) is 0.158. The molecule has 0 saturated heterocycles. The molecule has 0 radical (unpaired) electrons. The molecule has 158 valence electrons. The van der Waals surface area contributed by atoms with Crippen LogP contribution < -0.4 is 14.8 Å². The molecule has 7 nitrogen and oxygen atoms in total. The predicted molar refractivity (Wildman–Crippen MR) is 102 cm³/mol. The summed E-state index contributed by atoms with van der Waals surface area (Å²) >= 11 is 0. The molecule has 0 atom stereocenters. The highest BCUT2D eigenvalue weighted by molar-refractivity contribution is 7.89. The van der Waals surface area contributed by atoms with Gasteiger partial charge in [0.25, 0.3) is 5.91 Å². The van der Waals surface area contributed by atoms with Crippen molar-refractivity contribution in [1.82, 2.24) is 4.72 Å². The zero-order valence-corrected chi connectivity index (χ0v) is 16.2. The topological polar surface area (TPSA) is 108 Å². The van der Waals surface area contributed by atoms with Crippen LogP contribution in [0.3, 0.4) is 0 Å². The van der Waals surface area contributed by atoms with E-state index in [1.165, 1.54) is 42.5 Å².